The molecule has 100 valence electrons. The Labute approximate surface area is 122 Å². The Hall–Kier alpha value is -1.19. The fourth-order valence-corrected chi connectivity index (χ4v) is 2.66. The standard InChI is InChI=1S/C16H17BrFN/c1-3-19-16(12-6-4-5-7-15(12)18)13-10-11(2)8-9-14(13)17/h4-10,16,19H,3H2,1-2H3. The van der Waals surface area contributed by atoms with Crippen LogP contribution < -0.4 is 5.32 Å². The molecule has 0 saturated carbocycles. The second-order valence-corrected chi connectivity index (χ2v) is 5.39. The van der Waals surface area contributed by atoms with Crippen molar-refractivity contribution in [3.05, 3.63) is 69.4 Å². The van der Waals surface area contributed by atoms with Gasteiger partial charge in [-0.3, -0.25) is 0 Å². The molecule has 2 aromatic rings. The molecule has 0 spiro atoms. The van der Waals surface area contributed by atoms with E-state index in [1.54, 1.807) is 6.07 Å². The van der Waals surface area contributed by atoms with E-state index < -0.39 is 0 Å². The number of benzene rings is 2. The second kappa shape index (κ2) is 6.31. The molecule has 1 unspecified atom stereocenters. The molecule has 0 amide bonds. The zero-order valence-corrected chi connectivity index (χ0v) is 12.7. The van der Waals surface area contributed by atoms with E-state index in [0.29, 0.717) is 5.56 Å². The number of nitrogens with one attached hydrogen (secondary N) is 1. The van der Waals surface area contributed by atoms with Crippen LogP contribution in [0.1, 0.15) is 29.7 Å². The lowest BCUT2D eigenvalue weighted by Gasteiger charge is -2.21. The van der Waals surface area contributed by atoms with Gasteiger partial charge in [-0.2, -0.15) is 0 Å². The minimum Gasteiger partial charge on any atom is -0.306 e. The van der Waals surface area contributed by atoms with E-state index in [4.69, 9.17) is 0 Å². The maximum atomic E-state index is 14.0. The lowest BCUT2D eigenvalue weighted by Crippen LogP contribution is -2.23. The Kier molecular flexibility index (Phi) is 4.72. The molecule has 0 aromatic heterocycles. The van der Waals surface area contributed by atoms with Crippen LogP contribution in [0.3, 0.4) is 0 Å². The zero-order chi connectivity index (χ0) is 13.8. The average molecular weight is 322 g/mol. The fraction of sp³-hybridized carbons (Fsp3) is 0.250. The van der Waals surface area contributed by atoms with Crippen molar-refractivity contribution in [3.8, 4) is 0 Å². The van der Waals surface area contributed by atoms with Gasteiger partial charge in [0.05, 0.1) is 6.04 Å². The van der Waals surface area contributed by atoms with Crippen molar-refractivity contribution in [1.82, 2.24) is 5.32 Å². The van der Waals surface area contributed by atoms with Gasteiger partial charge in [-0.05, 0) is 31.2 Å². The first kappa shape index (κ1) is 14.2. The third kappa shape index (κ3) is 3.23. The van der Waals surface area contributed by atoms with Crippen molar-refractivity contribution in [1.29, 1.82) is 0 Å². The first-order valence-electron chi connectivity index (χ1n) is 6.37. The maximum absolute atomic E-state index is 14.0. The van der Waals surface area contributed by atoms with Gasteiger partial charge >= 0.3 is 0 Å². The van der Waals surface area contributed by atoms with Crippen molar-refractivity contribution in [2.75, 3.05) is 6.54 Å². The SMILES string of the molecule is CCNC(c1ccccc1F)c1cc(C)ccc1Br. The normalized spacial score (nSPS) is 12.4. The number of hydrogen-bond acceptors (Lipinski definition) is 1. The number of hydrogen-bond donors (Lipinski definition) is 1. The lowest BCUT2D eigenvalue weighted by atomic mass is 9.97. The van der Waals surface area contributed by atoms with Crippen molar-refractivity contribution >= 4 is 15.9 Å². The van der Waals surface area contributed by atoms with Crippen LogP contribution in [0.2, 0.25) is 0 Å². The minimum atomic E-state index is -0.179. The Morgan fingerprint density at radius 1 is 1.16 bits per heavy atom. The van der Waals surface area contributed by atoms with Crippen LogP contribution >= 0.6 is 15.9 Å². The van der Waals surface area contributed by atoms with E-state index in [-0.39, 0.29) is 11.9 Å². The largest absolute Gasteiger partial charge is 0.306 e. The molecule has 0 bridgehead atoms. The smallest absolute Gasteiger partial charge is 0.128 e. The van der Waals surface area contributed by atoms with Crippen LogP contribution in [0.25, 0.3) is 0 Å². The van der Waals surface area contributed by atoms with Gasteiger partial charge in [-0.1, -0.05) is 58.7 Å². The van der Waals surface area contributed by atoms with Gasteiger partial charge in [0.25, 0.3) is 0 Å². The number of rotatable bonds is 4. The third-order valence-electron chi connectivity index (χ3n) is 3.09. The minimum absolute atomic E-state index is 0.138. The molecule has 19 heavy (non-hydrogen) atoms. The highest BCUT2D eigenvalue weighted by molar-refractivity contribution is 9.10. The predicted octanol–water partition coefficient (Wildman–Crippen LogP) is 4.60. The number of halogens is 2. The summed E-state index contributed by atoms with van der Waals surface area (Å²) in [6.45, 7) is 4.84. The third-order valence-corrected chi connectivity index (χ3v) is 3.81. The van der Waals surface area contributed by atoms with Gasteiger partial charge < -0.3 is 5.32 Å². The average Bonchev–Trinajstić information content (AvgIpc) is 2.40. The summed E-state index contributed by atoms with van der Waals surface area (Å²) in [5.41, 5.74) is 2.90. The van der Waals surface area contributed by atoms with E-state index in [1.807, 2.05) is 38.1 Å². The quantitative estimate of drug-likeness (QED) is 0.868. The highest BCUT2D eigenvalue weighted by Crippen LogP contribution is 2.30. The molecule has 3 heteroatoms. The summed E-state index contributed by atoms with van der Waals surface area (Å²) in [5, 5.41) is 3.35. The molecular formula is C16H17BrFN. The molecule has 2 rings (SSSR count). The van der Waals surface area contributed by atoms with Crippen LogP contribution in [0.15, 0.2) is 46.9 Å². The first-order valence-corrected chi connectivity index (χ1v) is 7.16. The van der Waals surface area contributed by atoms with Crippen molar-refractivity contribution in [2.45, 2.75) is 19.9 Å². The molecule has 0 fully saturated rings. The lowest BCUT2D eigenvalue weighted by molar-refractivity contribution is 0.558. The van der Waals surface area contributed by atoms with Crippen LogP contribution in [-0.4, -0.2) is 6.54 Å². The molecule has 2 aromatic carbocycles. The summed E-state index contributed by atoms with van der Waals surface area (Å²) in [6.07, 6.45) is 0. The monoisotopic (exact) mass is 321 g/mol. The van der Waals surface area contributed by atoms with E-state index >= 15 is 0 Å². The molecule has 0 saturated heterocycles. The maximum Gasteiger partial charge on any atom is 0.128 e. The molecule has 0 heterocycles. The van der Waals surface area contributed by atoms with Crippen LogP contribution in [0, 0.1) is 12.7 Å². The molecule has 0 aliphatic heterocycles. The van der Waals surface area contributed by atoms with Gasteiger partial charge in [0, 0.05) is 10.0 Å². The summed E-state index contributed by atoms with van der Waals surface area (Å²) < 4.78 is 15.0. The van der Waals surface area contributed by atoms with Gasteiger partial charge in [0.15, 0.2) is 0 Å². The molecule has 1 N–H and O–H groups in total. The summed E-state index contributed by atoms with van der Waals surface area (Å²) in [5.74, 6) is -0.179. The Morgan fingerprint density at radius 2 is 1.89 bits per heavy atom. The van der Waals surface area contributed by atoms with Gasteiger partial charge in [0.1, 0.15) is 5.82 Å². The van der Waals surface area contributed by atoms with Crippen LogP contribution in [-0.2, 0) is 0 Å². The van der Waals surface area contributed by atoms with Crippen molar-refractivity contribution in [3.63, 3.8) is 0 Å². The highest BCUT2D eigenvalue weighted by atomic mass is 79.9. The molecular weight excluding hydrogens is 305 g/mol. The summed E-state index contributed by atoms with van der Waals surface area (Å²) in [7, 11) is 0. The molecule has 0 aliphatic rings. The highest BCUT2D eigenvalue weighted by Gasteiger charge is 2.18. The van der Waals surface area contributed by atoms with Gasteiger partial charge in [-0.15, -0.1) is 0 Å². The predicted molar refractivity (Wildman–Crippen MR) is 80.8 cm³/mol. The zero-order valence-electron chi connectivity index (χ0n) is 11.1. The summed E-state index contributed by atoms with van der Waals surface area (Å²) >= 11 is 3.56. The molecule has 1 atom stereocenters. The molecule has 1 nitrogen and oxygen atoms in total. The fourth-order valence-electron chi connectivity index (χ4n) is 2.19. The Morgan fingerprint density at radius 3 is 2.58 bits per heavy atom. The topological polar surface area (TPSA) is 12.0 Å². The van der Waals surface area contributed by atoms with Gasteiger partial charge in [-0.25, -0.2) is 4.39 Å². The van der Waals surface area contributed by atoms with Crippen molar-refractivity contribution in [2.24, 2.45) is 0 Å². The van der Waals surface area contributed by atoms with E-state index in [9.17, 15) is 4.39 Å². The van der Waals surface area contributed by atoms with Crippen molar-refractivity contribution < 1.29 is 4.39 Å². The van der Waals surface area contributed by atoms with Crippen LogP contribution in [0.5, 0.6) is 0 Å². The molecule has 0 radical (unpaired) electrons. The first-order chi connectivity index (χ1) is 9.13. The second-order valence-electron chi connectivity index (χ2n) is 4.54. The Balaban J connectivity index is 2.51. The number of aryl methyl sites for hydroxylation is 1. The van der Waals surface area contributed by atoms with Gasteiger partial charge in [0.2, 0.25) is 0 Å². The van der Waals surface area contributed by atoms with E-state index in [0.717, 1.165) is 22.1 Å². The summed E-state index contributed by atoms with van der Waals surface area (Å²) in [6, 6.07) is 12.9. The van der Waals surface area contributed by atoms with E-state index in [1.165, 1.54) is 6.07 Å². The summed E-state index contributed by atoms with van der Waals surface area (Å²) in [4.78, 5) is 0. The molecule has 0 aliphatic carbocycles. The van der Waals surface area contributed by atoms with Crippen LogP contribution in [0.4, 0.5) is 4.39 Å². The Bertz CT molecular complexity index is 568. The van der Waals surface area contributed by atoms with E-state index in [2.05, 4.69) is 27.3 Å².